The number of halogens is 1. The molecule has 3 N–H and O–H groups in total. The van der Waals surface area contributed by atoms with E-state index in [9.17, 15) is 4.79 Å². The topological polar surface area (TPSA) is 65.5 Å². The molecule has 0 radical (unpaired) electrons. The second kappa shape index (κ2) is 12.7. The quantitative estimate of drug-likeness (QED) is 0.242. The van der Waals surface area contributed by atoms with Crippen molar-refractivity contribution in [1.82, 2.24) is 10.6 Å². The minimum absolute atomic E-state index is 0. The number of benzene rings is 1. The number of amides is 1. The molecule has 0 saturated heterocycles. The number of carbonyl (C=O) groups excluding carboxylic acids is 1. The SMILES string of the molecule is CCNC(=NCc1cccc(NC(C)=O)c1)NCCC1=CCCCC1.I. The second-order valence-electron chi connectivity index (χ2n) is 6.36. The van der Waals surface area contributed by atoms with Crippen molar-refractivity contribution in [1.29, 1.82) is 0 Å². The number of allylic oxidation sites excluding steroid dienone is 1. The van der Waals surface area contributed by atoms with Crippen LogP contribution in [0.2, 0.25) is 0 Å². The number of hydrogen-bond donors (Lipinski definition) is 3. The third-order valence-electron chi connectivity index (χ3n) is 4.13. The van der Waals surface area contributed by atoms with Crippen molar-refractivity contribution in [3.63, 3.8) is 0 Å². The van der Waals surface area contributed by atoms with Crippen LogP contribution < -0.4 is 16.0 Å². The van der Waals surface area contributed by atoms with E-state index in [1.165, 1.54) is 32.6 Å². The molecule has 1 aliphatic rings. The van der Waals surface area contributed by atoms with Gasteiger partial charge in [-0.2, -0.15) is 0 Å². The Hall–Kier alpha value is -1.57. The monoisotopic (exact) mass is 470 g/mol. The fraction of sp³-hybridized carbons (Fsp3) is 0.500. The van der Waals surface area contributed by atoms with E-state index in [4.69, 9.17) is 0 Å². The first-order chi connectivity index (χ1) is 12.2. The summed E-state index contributed by atoms with van der Waals surface area (Å²) in [5, 5.41) is 9.50. The summed E-state index contributed by atoms with van der Waals surface area (Å²) in [6.45, 7) is 5.90. The van der Waals surface area contributed by atoms with Crippen LogP contribution in [-0.2, 0) is 11.3 Å². The molecular weight excluding hydrogens is 439 g/mol. The van der Waals surface area contributed by atoms with Gasteiger partial charge >= 0.3 is 0 Å². The standard InChI is InChI=1S/C20H30N4O.HI/c1-3-21-20(22-13-12-17-8-5-4-6-9-17)23-15-18-10-7-11-19(14-18)24-16(2)25;/h7-8,10-11,14H,3-6,9,12-13,15H2,1-2H3,(H,24,25)(H2,21,22,23);1H. The van der Waals surface area contributed by atoms with Crippen molar-refractivity contribution in [3.8, 4) is 0 Å². The zero-order chi connectivity index (χ0) is 17.9. The van der Waals surface area contributed by atoms with Gasteiger partial charge in [0, 0.05) is 25.7 Å². The van der Waals surface area contributed by atoms with Gasteiger partial charge < -0.3 is 16.0 Å². The van der Waals surface area contributed by atoms with Gasteiger partial charge in [0.15, 0.2) is 5.96 Å². The molecule has 0 aliphatic heterocycles. The van der Waals surface area contributed by atoms with Crippen molar-refractivity contribution in [2.24, 2.45) is 4.99 Å². The number of carbonyl (C=O) groups is 1. The molecule has 1 aromatic rings. The molecule has 0 spiro atoms. The van der Waals surface area contributed by atoms with Crippen molar-refractivity contribution >= 4 is 41.5 Å². The van der Waals surface area contributed by atoms with Gasteiger partial charge in [-0.05, 0) is 56.7 Å². The maximum atomic E-state index is 11.2. The Kier molecular flexibility index (Phi) is 11.0. The number of hydrogen-bond acceptors (Lipinski definition) is 2. The van der Waals surface area contributed by atoms with Gasteiger partial charge in [-0.25, -0.2) is 4.99 Å². The van der Waals surface area contributed by atoms with Crippen molar-refractivity contribution in [2.75, 3.05) is 18.4 Å². The first kappa shape index (κ1) is 22.5. The summed E-state index contributed by atoms with van der Waals surface area (Å²) in [6, 6.07) is 7.80. The molecule has 0 unspecified atom stereocenters. The van der Waals surface area contributed by atoms with Crippen LogP contribution >= 0.6 is 24.0 Å². The van der Waals surface area contributed by atoms with Gasteiger partial charge in [-0.3, -0.25) is 4.79 Å². The van der Waals surface area contributed by atoms with E-state index in [2.05, 4.69) is 33.9 Å². The highest BCUT2D eigenvalue weighted by atomic mass is 127. The van der Waals surface area contributed by atoms with Crippen LogP contribution in [0.15, 0.2) is 40.9 Å². The lowest BCUT2D eigenvalue weighted by atomic mass is 9.97. The molecule has 0 saturated carbocycles. The third kappa shape index (κ3) is 8.69. The summed E-state index contributed by atoms with van der Waals surface area (Å²) in [7, 11) is 0. The predicted molar refractivity (Wildman–Crippen MR) is 120 cm³/mol. The van der Waals surface area contributed by atoms with Crippen LogP contribution in [0.4, 0.5) is 5.69 Å². The Morgan fingerprint density at radius 1 is 1.23 bits per heavy atom. The van der Waals surface area contributed by atoms with E-state index < -0.39 is 0 Å². The summed E-state index contributed by atoms with van der Waals surface area (Å²) in [5.74, 6) is 0.775. The Labute approximate surface area is 174 Å². The molecule has 0 heterocycles. The number of rotatable bonds is 7. The van der Waals surface area contributed by atoms with Crippen LogP contribution in [0, 0.1) is 0 Å². The first-order valence-corrected chi connectivity index (χ1v) is 9.24. The molecule has 0 bridgehead atoms. The average molecular weight is 470 g/mol. The lowest BCUT2D eigenvalue weighted by molar-refractivity contribution is -0.114. The van der Waals surface area contributed by atoms with Gasteiger partial charge in [-0.1, -0.05) is 23.8 Å². The van der Waals surface area contributed by atoms with Crippen LogP contribution in [-0.4, -0.2) is 25.0 Å². The molecule has 0 atom stereocenters. The first-order valence-electron chi connectivity index (χ1n) is 9.24. The fourth-order valence-electron chi connectivity index (χ4n) is 2.94. The summed E-state index contributed by atoms with van der Waals surface area (Å²) in [4.78, 5) is 15.8. The molecule has 6 heteroatoms. The minimum atomic E-state index is -0.0623. The van der Waals surface area contributed by atoms with E-state index in [-0.39, 0.29) is 29.9 Å². The van der Waals surface area contributed by atoms with Gasteiger partial charge in [0.2, 0.25) is 5.91 Å². The molecule has 1 amide bonds. The lowest BCUT2D eigenvalue weighted by Crippen LogP contribution is -2.37. The maximum Gasteiger partial charge on any atom is 0.221 e. The maximum absolute atomic E-state index is 11.2. The van der Waals surface area contributed by atoms with Crippen LogP contribution in [0.5, 0.6) is 0 Å². The molecule has 26 heavy (non-hydrogen) atoms. The molecular formula is C20H31IN4O. The van der Waals surface area contributed by atoms with Crippen LogP contribution in [0.1, 0.15) is 51.5 Å². The van der Waals surface area contributed by atoms with E-state index in [1.807, 2.05) is 24.3 Å². The Morgan fingerprint density at radius 3 is 2.77 bits per heavy atom. The Morgan fingerprint density at radius 2 is 2.08 bits per heavy atom. The highest BCUT2D eigenvalue weighted by Gasteiger charge is 2.04. The normalized spacial score (nSPS) is 14.1. The predicted octanol–water partition coefficient (Wildman–Crippen LogP) is 4.21. The molecule has 2 rings (SSSR count). The van der Waals surface area contributed by atoms with Gasteiger partial charge in [0.1, 0.15) is 0 Å². The van der Waals surface area contributed by atoms with Crippen LogP contribution in [0.25, 0.3) is 0 Å². The van der Waals surface area contributed by atoms with Crippen molar-refractivity contribution < 1.29 is 4.79 Å². The lowest BCUT2D eigenvalue weighted by Gasteiger charge is -2.15. The summed E-state index contributed by atoms with van der Waals surface area (Å²) in [5.41, 5.74) is 3.44. The molecule has 0 aromatic heterocycles. The number of nitrogens with zero attached hydrogens (tertiary/aromatic N) is 1. The fourth-order valence-corrected chi connectivity index (χ4v) is 2.94. The number of aliphatic imine (C=N–C) groups is 1. The summed E-state index contributed by atoms with van der Waals surface area (Å²) >= 11 is 0. The minimum Gasteiger partial charge on any atom is -0.357 e. The molecule has 144 valence electrons. The smallest absolute Gasteiger partial charge is 0.221 e. The van der Waals surface area contributed by atoms with E-state index in [0.29, 0.717) is 6.54 Å². The van der Waals surface area contributed by atoms with Crippen molar-refractivity contribution in [2.45, 2.75) is 52.5 Å². The zero-order valence-corrected chi connectivity index (χ0v) is 18.1. The van der Waals surface area contributed by atoms with Crippen molar-refractivity contribution in [3.05, 3.63) is 41.5 Å². The van der Waals surface area contributed by atoms with E-state index in [1.54, 1.807) is 5.57 Å². The third-order valence-corrected chi connectivity index (χ3v) is 4.13. The number of guanidine groups is 1. The second-order valence-corrected chi connectivity index (χ2v) is 6.36. The molecule has 1 aliphatic carbocycles. The highest BCUT2D eigenvalue weighted by Crippen LogP contribution is 2.19. The highest BCUT2D eigenvalue weighted by molar-refractivity contribution is 14.0. The molecule has 0 fully saturated rings. The number of anilines is 1. The largest absolute Gasteiger partial charge is 0.357 e. The van der Waals surface area contributed by atoms with Gasteiger partial charge in [0.05, 0.1) is 6.54 Å². The number of nitrogens with one attached hydrogen (secondary N) is 3. The Balaban J connectivity index is 0.00000338. The summed E-state index contributed by atoms with van der Waals surface area (Å²) < 4.78 is 0. The molecule has 1 aromatic carbocycles. The Bertz CT molecular complexity index is 628. The van der Waals surface area contributed by atoms with E-state index >= 15 is 0 Å². The van der Waals surface area contributed by atoms with Gasteiger partial charge in [0.25, 0.3) is 0 Å². The van der Waals surface area contributed by atoms with Crippen LogP contribution in [0.3, 0.4) is 0 Å². The molecule has 5 nitrogen and oxygen atoms in total. The van der Waals surface area contributed by atoms with Gasteiger partial charge in [-0.15, -0.1) is 24.0 Å². The average Bonchev–Trinajstić information content (AvgIpc) is 2.60. The zero-order valence-electron chi connectivity index (χ0n) is 15.8. The van der Waals surface area contributed by atoms with E-state index in [0.717, 1.165) is 36.7 Å². The summed E-state index contributed by atoms with van der Waals surface area (Å²) in [6.07, 6.45) is 8.60.